The van der Waals surface area contributed by atoms with Gasteiger partial charge < -0.3 is 10.5 Å². The second-order valence-electron chi connectivity index (χ2n) is 5.27. The number of hydrogen-bond acceptors (Lipinski definition) is 2. The first-order valence-electron chi connectivity index (χ1n) is 7.42. The summed E-state index contributed by atoms with van der Waals surface area (Å²) in [6, 6.07) is 8.19. The fourth-order valence-electron chi connectivity index (χ4n) is 2.42. The van der Waals surface area contributed by atoms with Crippen LogP contribution in [0, 0.1) is 0 Å². The van der Waals surface area contributed by atoms with Gasteiger partial charge in [0.2, 0.25) is 0 Å². The van der Waals surface area contributed by atoms with Crippen molar-refractivity contribution in [3.8, 4) is 5.75 Å². The molecule has 0 aromatic heterocycles. The quantitative estimate of drug-likeness (QED) is 0.764. The lowest BCUT2D eigenvalue weighted by Crippen LogP contribution is -2.29. The van der Waals surface area contributed by atoms with Crippen LogP contribution < -0.4 is 10.5 Å². The van der Waals surface area contributed by atoms with Gasteiger partial charge in [0.05, 0.1) is 6.61 Å². The molecule has 0 bridgehead atoms. The van der Waals surface area contributed by atoms with Crippen molar-refractivity contribution >= 4 is 10.8 Å². The van der Waals surface area contributed by atoms with Crippen molar-refractivity contribution in [3.63, 3.8) is 0 Å². The van der Waals surface area contributed by atoms with Crippen LogP contribution in [0.2, 0.25) is 0 Å². The number of halogens is 3. The van der Waals surface area contributed by atoms with E-state index in [1.165, 1.54) is 0 Å². The Morgan fingerprint density at radius 2 is 1.82 bits per heavy atom. The highest BCUT2D eigenvalue weighted by Gasteiger charge is 2.40. The average molecular weight is 311 g/mol. The van der Waals surface area contributed by atoms with Gasteiger partial charge in [0.15, 0.2) is 0 Å². The van der Waals surface area contributed by atoms with E-state index in [0.717, 1.165) is 24.6 Å². The Morgan fingerprint density at radius 1 is 1.09 bits per heavy atom. The zero-order valence-electron chi connectivity index (χ0n) is 12.5. The van der Waals surface area contributed by atoms with E-state index >= 15 is 0 Å². The van der Waals surface area contributed by atoms with Crippen LogP contribution in [0.25, 0.3) is 10.8 Å². The van der Waals surface area contributed by atoms with Gasteiger partial charge in [-0.15, -0.1) is 0 Å². The molecule has 0 aliphatic carbocycles. The van der Waals surface area contributed by atoms with E-state index in [1.807, 2.05) is 0 Å². The van der Waals surface area contributed by atoms with Crippen LogP contribution in [0.3, 0.4) is 0 Å². The summed E-state index contributed by atoms with van der Waals surface area (Å²) >= 11 is 0. The molecule has 22 heavy (non-hydrogen) atoms. The number of rotatable bonds is 6. The van der Waals surface area contributed by atoms with Crippen molar-refractivity contribution in [2.45, 2.75) is 38.4 Å². The van der Waals surface area contributed by atoms with E-state index < -0.39 is 12.2 Å². The summed E-state index contributed by atoms with van der Waals surface area (Å²) in [5.74, 6) is 0.222. The van der Waals surface area contributed by atoms with E-state index in [-0.39, 0.29) is 11.3 Å². The molecule has 0 saturated heterocycles. The maximum atomic E-state index is 13.1. The number of benzene rings is 2. The number of unbranched alkanes of at least 4 members (excludes halogenated alkanes) is 2. The fraction of sp³-hybridized carbons (Fsp3) is 0.412. The molecule has 1 atom stereocenters. The van der Waals surface area contributed by atoms with E-state index in [9.17, 15) is 13.2 Å². The Balaban J connectivity index is 2.42. The molecule has 2 N–H and O–H groups in total. The highest BCUT2D eigenvalue weighted by atomic mass is 19.4. The van der Waals surface area contributed by atoms with Gasteiger partial charge in [-0.2, -0.15) is 13.2 Å². The molecule has 0 fully saturated rings. The second kappa shape index (κ2) is 7.01. The first-order valence-corrected chi connectivity index (χ1v) is 7.42. The molecular formula is C17H20F3NO. The minimum atomic E-state index is -4.51. The molecule has 0 saturated carbocycles. The summed E-state index contributed by atoms with van der Waals surface area (Å²) in [6.07, 6.45) is -1.69. The van der Waals surface area contributed by atoms with Crippen LogP contribution in [0.1, 0.15) is 37.8 Å². The van der Waals surface area contributed by atoms with Gasteiger partial charge in [-0.25, -0.2) is 0 Å². The molecule has 2 aromatic rings. The largest absolute Gasteiger partial charge is 0.493 e. The zero-order valence-corrected chi connectivity index (χ0v) is 12.5. The summed E-state index contributed by atoms with van der Waals surface area (Å²) in [4.78, 5) is 0. The lowest BCUT2D eigenvalue weighted by atomic mass is 9.97. The molecule has 2 aromatic carbocycles. The highest BCUT2D eigenvalue weighted by Crippen LogP contribution is 2.39. The topological polar surface area (TPSA) is 35.2 Å². The number of fused-ring (bicyclic) bond motifs is 1. The average Bonchev–Trinajstić information content (AvgIpc) is 2.49. The third-order valence-electron chi connectivity index (χ3n) is 3.60. The molecule has 5 heteroatoms. The lowest BCUT2D eigenvalue weighted by molar-refractivity contribution is -0.149. The lowest BCUT2D eigenvalue weighted by Gasteiger charge is -2.21. The normalized spacial score (nSPS) is 13.3. The van der Waals surface area contributed by atoms with Crippen LogP contribution in [-0.2, 0) is 0 Å². The standard InChI is InChI=1S/C17H20F3NO/c1-2-3-6-11-22-14-10-9-12-7-4-5-8-13(12)15(14)16(21)17(18,19)20/h4-5,7-10,16H,2-3,6,11,21H2,1H3/t16-/m0/s1. The molecule has 120 valence electrons. The van der Waals surface area contributed by atoms with Gasteiger partial charge in [-0.3, -0.25) is 0 Å². The van der Waals surface area contributed by atoms with Crippen molar-refractivity contribution < 1.29 is 17.9 Å². The SMILES string of the molecule is CCCCCOc1ccc2ccccc2c1[C@H](N)C(F)(F)F. The first-order chi connectivity index (χ1) is 10.4. The third-order valence-corrected chi connectivity index (χ3v) is 3.60. The van der Waals surface area contributed by atoms with E-state index in [2.05, 4.69) is 6.92 Å². The molecular weight excluding hydrogens is 291 g/mol. The molecule has 2 nitrogen and oxygen atoms in total. The van der Waals surface area contributed by atoms with Gasteiger partial charge in [-0.1, -0.05) is 50.1 Å². The van der Waals surface area contributed by atoms with Crippen LogP contribution in [-0.4, -0.2) is 12.8 Å². The summed E-state index contributed by atoms with van der Waals surface area (Å²) < 4.78 is 44.9. The maximum Gasteiger partial charge on any atom is 0.407 e. The smallest absolute Gasteiger partial charge is 0.407 e. The molecule has 0 unspecified atom stereocenters. The molecule has 0 radical (unpaired) electrons. The van der Waals surface area contributed by atoms with E-state index in [0.29, 0.717) is 12.0 Å². The Bertz CT molecular complexity index is 625. The highest BCUT2D eigenvalue weighted by molar-refractivity contribution is 5.88. The van der Waals surface area contributed by atoms with Gasteiger partial charge in [0.1, 0.15) is 11.8 Å². The number of alkyl halides is 3. The number of nitrogens with two attached hydrogens (primary N) is 1. The molecule has 0 aliphatic rings. The summed E-state index contributed by atoms with van der Waals surface area (Å²) in [6.45, 7) is 2.45. The molecule has 2 rings (SSSR count). The first kappa shape index (κ1) is 16.6. The van der Waals surface area contributed by atoms with Crippen molar-refractivity contribution in [1.29, 1.82) is 0 Å². The van der Waals surface area contributed by atoms with Crippen LogP contribution in [0.15, 0.2) is 36.4 Å². The van der Waals surface area contributed by atoms with Crippen molar-refractivity contribution in [1.82, 2.24) is 0 Å². The van der Waals surface area contributed by atoms with Crippen LogP contribution >= 0.6 is 0 Å². The van der Waals surface area contributed by atoms with Gasteiger partial charge in [-0.05, 0) is 23.3 Å². The Kier molecular flexibility index (Phi) is 5.29. The van der Waals surface area contributed by atoms with Crippen LogP contribution in [0.5, 0.6) is 5.75 Å². The van der Waals surface area contributed by atoms with Crippen molar-refractivity contribution in [3.05, 3.63) is 42.0 Å². The Morgan fingerprint density at radius 3 is 2.50 bits per heavy atom. The van der Waals surface area contributed by atoms with Crippen molar-refractivity contribution in [2.24, 2.45) is 5.73 Å². The fourth-order valence-corrected chi connectivity index (χ4v) is 2.42. The predicted molar refractivity (Wildman–Crippen MR) is 82.0 cm³/mol. The predicted octanol–water partition coefficient (Wildman–Crippen LogP) is 4.97. The zero-order chi connectivity index (χ0) is 16.2. The maximum absolute atomic E-state index is 13.1. The summed E-state index contributed by atoms with van der Waals surface area (Å²) in [5.41, 5.74) is 5.48. The molecule has 0 aliphatic heterocycles. The van der Waals surface area contributed by atoms with Crippen molar-refractivity contribution in [2.75, 3.05) is 6.61 Å². The molecule has 0 heterocycles. The van der Waals surface area contributed by atoms with Gasteiger partial charge in [0, 0.05) is 5.56 Å². The van der Waals surface area contributed by atoms with E-state index in [1.54, 1.807) is 36.4 Å². The van der Waals surface area contributed by atoms with Crippen LogP contribution in [0.4, 0.5) is 13.2 Å². The monoisotopic (exact) mass is 311 g/mol. The molecule has 0 amide bonds. The molecule has 0 spiro atoms. The minimum Gasteiger partial charge on any atom is -0.493 e. The van der Waals surface area contributed by atoms with Gasteiger partial charge in [0.25, 0.3) is 0 Å². The Labute approximate surface area is 128 Å². The minimum absolute atomic E-state index is 0.0158. The Hall–Kier alpha value is -1.75. The van der Waals surface area contributed by atoms with Gasteiger partial charge >= 0.3 is 6.18 Å². The number of ether oxygens (including phenoxy) is 1. The number of hydrogen-bond donors (Lipinski definition) is 1. The van der Waals surface area contributed by atoms with E-state index in [4.69, 9.17) is 10.5 Å². The third kappa shape index (κ3) is 3.71. The summed E-state index contributed by atoms with van der Waals surface area (Å²) in [5, 5.41) is 1.21. The second-order valence-corrected chi connectivity index (χ2v) is 5.27. The summed E-state index contributed by atoms with van der Waals surface area (Å²) in [7, 11) is 0.